The quantitative estimate of drug-likeness (QED) is 0.536. The Labute approximate surface area is 127 Å². The van der Waals surface area contributed by atoms with Crippen LogP contribution in [0.25, 0.3) is 22.4 Å². The summed E-state index contributed by atoms with van der Waals surface area (Å²) in [5.41, 5.74) is -5.30. The van der Waals surface area contributed by atoms with Crippen LogP contribution in [0.1, 0.15) is 0 Å². The van der Waals surface area contributed by atoms with Gasteiger partial charge in [0.25, 0.3) is 0 Å². The molecular weight excluding hydrogens is 337 g/mol. The van der Waals surface area contributed by atoms with Gasteiger partial charge in [0, 0.05) is 5.39 Å². The number of para-hydroxylation sites is 1. The van der Waals surface area contributed by atoms with Crippen LogP contribution in [0.4, 0.5) is 13.2 Å². The first-order valence-corrected chi connectivity index (χ1v) is 7.48. The van der Waals surface area contributed by atoms with Gasteiger partial charge in [0.1, 0.15) is 11.2 Å². The van der Waals surface area contributed by atoms with Gasteiger partial charge in [0.15, 0.2) is 17.9 Å². The Morgan fingerprint density at radius 2 is 1.91 bits per heavy atom. The molecule has 0 fully saturated rings. The number of hydrogen-bond acceptors (Lipinski definition) is 6. The molecule has 0 amide bonds. The van der Waals surface area contributed by atoms with Crippen molar-refractivity contribution >= 4 is 21.0 Å². The highest BCUT2D eigenvalue weighted by Gasteiger charge is 2.48. The van der Waals surface area contributed by atoms with Crippen LogP contribution in [0.5, 0.6) is 5.75 Å². The average molecular weight is 344 g/mol. The van der Waals surface area contributed by atoms with Gasteiger partial charge in [-0.05, 0) is 12.1 Å². The van der Waals surface area contributed by atoms with Crippen LogP contribution in [0.15, 0.2) is 47.3 Å². The van der Waals surface area contributed by atoms with Gasteiger partial charge in [-0.25, -0.2) is 9.97 Å². The number of pyridine rings is 1. The molecule has 0 saturated carbocycles. The zero-order valence-electron chi connectivity index (χ0n) is 11.1. The topological polar surface area (TPSA) is 82.3 Å². The molecule has 0 radical (unpaired) electrons. The first-order chi connectivity index (χ1) is 10.8. The number of halogens is 3. The molecule has 0 aliphatic rings. The van der Waals surface area contributed by atoms with Crippen LogP contribution in [-0.4, -0.2) is 23.9 Å². The van der Waals surface area contributed by atoms with Gasteiger partial charge in [-0.3, -0.25) is 0 Å². The summed E-state index contributed by atoms with van der Waals surface area (Å²) in [7, 11) is -5.78. The Morgan fingerprint density at radius 3 is 2.57 bits per heavy atom. The number of oxazole rings is 1. The third-order valence-electron chi connectivity index (χ3n) is 2.85. The highest BCUT2D eigenvalue weighted by atomic mass is 32.2. The van der Waals surface area contributed by atoms with E-state index in [2.05, 4.69) is 14.2 Å². The molecule has 0 N–H and O–H groups in total. The lowest BCUT2D eigenvalue weighted by molar-refractivity contribution is -0.0499. The summed E-state index contributed by atoms with van der Waals surface area (Å²) < 4.78 is 69.0. The lowest BCUT2D eigenvalue weighted by atomic mass is 10.2. The Balaban J connectivity index is 2.12. The van der Waals surface area contributed by atoms with Crippen LogP contribution in [-0.2, 0) is 10.1 Å². The Kier molecular flexibility index (Phi) is 3.48. The molecule has 0 bridgehead atoms. The van der Waals surface area contributed by atoms with Gasteiger partial charge in [-0.15, -0.1) is 0 Å². The van der Waals surface area contributed by atoms with E-state index in [0.717, 1.165) is 12.5 Å². The van der Waals surface area contributed by atoms with E-state index >= 15 is 0 Å². The number of fused-ring (bicyclic) bond motifs is 1. The summed E-state index contributed by atoms with van der Waals surface area (Å²) >= 11 is 0. The van der Waals surface area contributed by atoms with Crippen molar-refractivity contribution in [3.05, 3.63) is 42.9 Å². The van der Waals surface area contributed by atoms with Crippen molar-refractivity contribution in [3.63, 3.8) is 0 Å². The van der Waals surface area contributed by atoms with Gasteiger partial charge < -0.3 is 8.60 Å². The fraction of sp³-hybridized carbons (Fsp3) is 0.0769. The van der Waals surface area contributed by atoms with Crippen molar-refractivity contribution in [1.29, 1.82) is 0 Å². The zero-order valence-corrected chi connectivity index (χ0v) is 11.9. The molecule has 3 rings (SSSR count). The third kappa shape index (κ3) is 2.84. The minimum atomic E-state index is -5.78. The molecule has 0 aliphatic carbocycles. The summed E-state index contributed by atoms with van der Waals surface area (Å²) in [6.07, 6.45) is 2.53. The number of aromatic nitrogens is 2. The van der Waals surface area contributed by atoms with E-state index < -0.39 is 21.4 Å². The van der Waals surface area contributed by atoms with E-state index in [9.17, 15) is 21.6 Å². The Hall–Kier alpha value is -2.62. The van der Waals surface area contributed by atoms with Gasteiger partial charge in [-0.1, -0.05) is 18.2 Å². The largest absolute Gasteiger partial charge is 0.534 e. The molecule has 120 valence electrons. The SMILES string of the molecule is O=S(=O)(Oc1cccc2ccc(-c3cnco3)nc12)C(F)(F)F. The smallest absolute Gasteiger partial charge is 0.442 e. The number of rotatable bonds is 3. The first kappa shape index (κ1) is 15.3. The Bertz CT molecular complexity index is 953. The van der Waals surface area contributed by atoms with Crippen molar-refractivity contribution in [3.8, 4) is 17.2 Å². The minimum absolute atomic E-state index is 0.0470. The van der Waals surface area contributed by atoms with Gasteiger partial charge in [0.05, 0.1) is 6.20 Å². The maximum Gasteiger partial charge on any atom is 0.534 e. The minimum Gasteiger partial charge on any atom is -0.442 e. The molecule has 3 aromatic rings. The van der Waals surface area contributed by atoms with Crippen molar-refractivity contribution in [2.45, 2.75) is 5.51 Å². The molecule has 2 heterocycles. The van der Waals surface area contributed by atoms with E-state index in [4.69, 9.17) is 4.42 Å². The molecule has 0 atom stereocenters. The van der Waals surface area contributed by atoms with E-state index in [1.54, 1.807) is 18.2 Å². The highest BCUT2D eigenvalue weighted by molar-refractivity contribution is 7.88. The number of nitrogens with zero attached hydrogens (tertiary/aromatic N) is 2. The molecule has 1 aromatic carbocycles. The van der Waals surface area contributed by atoms with Crippen molar-refractivity contribution in [2.24, 2.45) is 0 Å². The maximum atomic E-state index is 12.5. The van der Waals surface area contributed by atoms with Gasteiger partial charge in [-0.2, -0.15) is 21.6 Å². The first-order valence-electron chi connectivity index (χ1n) is 6.07. The second kappa shape index (κ2) is 5.23. The Morgan fingerprint density at radius 1 is 1.13 bits per heavy atom. The number of benzene rings is 1. The fourth-order valence-corrected chi connectivity index (χ4v) is 2.30. The predicted octanol–water partition coefficient (Wildman–Crippen LogP) is 3.12. The van der Waals surface area contributed by atoms with E-state index in [0.29, 0.717) is 5.39 Å². The maximum absolute atomic E-state index is 12.5. The van der Waals surface area contributed by atoms with E-state index in [-0.39, 0.29) is 17.0 Å². The monoisotopic (exact) mass is 344 g/mol. The highest BCUT2D eigenvalue weighted by Crippen LogP contribution is 2.32. The fourth-order valence-electron chi connectivity index (χ4n) is 1.83. The van der Waals surface area contributed by atoms with Crippen LogP contribution >= 0.6 is 0 Å². The van der Waals surface area contributed by atoms with E-state index in [1.807, 2.05) is 0 Å². The van der Waals surface area contributed by atoms with Crippen LogP contribution in [0, 0.1) is 0 Å². The molecule has 2 aromatic heterocycles. The van der Waals surface area contributed by atoms with Crippen molar-refractivity contribution in [2.75, 3.05) is 0 Å². The molecule has 0 aliphatic heterocycles. The molecule has 0 saturated heterocycles. The summed E-state index contributed by atoms with van der Waals surface area (Å²) in [5, 5.41) is 0.406. The number of alkyl halides is 3. The molecular formula is C13H7F3N2O4S. The average Bonchev–Trinajstić information content (AvgIpc) is 3.00. The molecule has 6 nitrogen and oxygen atoms in total. The summed E-state index contributed by atoms with van der Waals surface area (Å²) in [4.78, 5) is 7.80. The molecule has 10 heteroatoms. The van der Waals surface area contributed by atoms with Crippen LogP contribution in [0.2, 0.25) is 0 Å². The molecule has 23 heavy (non-hydrogen) atoms. The third-order valence-corrected chi connectivity index (χ3v) is 3.82. The predicted molar refractivity (Wildman–Crippen MR) is 72.8 cm³/mol. The second-order valence-electron chi connectivity index (χ2n) is 4.37. The standard InChI is InChI=1S/C13H7F3N2O4S/c14-13(15,16)23(19,20)22-10-3-1-2-8-4-5-9(18-12(8)10)11-6-17-7-21-11/h1-7H. The van der Waals surface area contributed by atoms with Crippen LogP contribution < -0.4 is 4.18 Å². The normalized spacial score (nSPS) is 12.5. The summed E-state index contributed by atoms with van der Waals surface area (Å²) in [6, 6.07) is 7.11. The van der Waals surface area contributed by atoms with Gasteiger partial charge >= 0.3 is 15.6 Å². The number of hydrogen-bond donors (Lipinski definition) is 0. The van der Waals surface area contributed by atoms with Gasteiger partial charge in [0.2, 0.25) is 0 Å². The van der Waals surface area contributed by atoms with Crippen molar-refractivity contribution < 1.29 is 30.2 Å². The van der Waals surface area contributed by atoms with Crippen molar-refractivity contribution in [1.82, 2.24) is 9.97 Å². The van der Waals surface area contributed by atoms with E-state index in [1.165, 1.54) is 12.3 Å². The lowest BCUT2D eigenvalue weighted by Gasteiger charge is -2.11. The van der Waals surface area contributed by atoms with Crippen LogP contribution in [0.3, 0.4) is 0 Å². The molecule has 0 unspecified atom stereocenters. The molecule has 0 spiro atoms. The lowest BCUT2D eigenvalue weighted by Crippen LogP contribution is -2.28. The summed E-state index contributed by atoms with van der Waals surface area (Å²) in [5.74, 6) is -0.249. The second-order valence-corrected chi connectivity index (χ2v) is 5.91. The summed E-state index contributed by atoms with van der Waals surface area (Å²) in [6.45, 7) is 0. The zero-order chi connectivity index (χ0) is 16.7.